The summed E-state index contributed by atoms with van der Waals surface area (Å²) in [4.78, 5) is 15.5. The molecule has 1 aromatic carbocycles. The molecule has 0 radical (unpaired) electrons. The molecule has 2 fully saturated rings. The van der Waals surface area contributed by atoms with Gasteiger partial charge in [-0.1, -0.05) is 12.1 Å². The Morgan fingerprint density at radius 3 is 2.75 bits per heavy atom. The summed E-state index contributed by atoms with van der Waals surface area (Å²) in [6.45, 7) is 9.62. The van der Waals surface area contributed by atoms with Gasteiger partial charge < -0.3 is 9.64 Å². The molecular formula is C23H33N3O2. The van der Waals surface area contributed by atoms with Gasteiger partial charge in [0.2, 0.25) is 0 Å². The summed E-state index contributed by atoms with van der Waals surface area (Å²) in [7, 11) is 0. The zero-order valence-electron chi connectivity index (χ0n) is 17.3. The van der Waals surface area contributed by atoms with E-state index >= 15 is 0 Å². The van der Waals surface area contributed by atoms with E-state index in [0.717, 1.165) is 42.0 Å². The van der Waals surface area contributed by atoms with Gasteiger partial charge in [-0.3, -0.25) is 9.48 Å². The standard InChI is InChI=1S/C23H33N3O2/c1-17(2)26-15-20-4-3-5-21(23(20)24-26)22(27)7-6-18-8-11-25(12-9-18)14-19-10-13-28-16-19/h3-5,15,17-19H,6-14,16H2,1-2H3. The van der Waals surface area contributed by atoms with Crippen molar-refractivity contribution in [1.29, 1.82) is 0 Å². The fourth-order valence-electron chi connectivity index (χ4n) is 4.57. The first-order chi connectivity index (χ1) is 13.6. The molecule has 0 aliphatic carbocycles. The number of ketones is 1. The smallest absolute Gasteiger partial charge is 0.165 e. The minimum absolute atomic E-state index is 0.241. The van der Waals surface area contributed by atoms with Crippen LogP contribution in [0.2, 0.25) is 0 Å². The number of likely N-dealkylation sites (tertiary alicyclic amines) is 1. The highest BCUT2D eigenvalue weighted by Crippen LogP contribution is 2.26. The van der Waals surface area contributed by atoms with Crippen LogP contribution in [-0.4, -0.2) is 53.3 Å². The summed E-state index contributed by atoms with van der Waals surface area (Å²) in [5.41, 5.74) is 1.64. The molecule has 1 atom stereocenters. The number of rotatable bonds is 7. The van der Waals surface area contributed by atoms with Crippen molar-refractivity contribution in [2.45, 2.75) is 52.0 Å². The molecule has 2 saturated heterocycles. The highest BCUT2D eigenvalue weighted by atomic mass is 16.5. The van der Waals surface area contributed by atoms with Crippen LogP contribution >= 0.6 is 0 Å². The molecule has 5 nitrogen and oxygen atoms in total. The second-order valence-corrected chi connectivity index (χ2v) is 8.88. The largest absolute Gasteiger partial charge is 0.381 e. The van der Waals surface area contributed by atoms with Crippen LogP contribution in [0.5, 0.6) is 0 Å². The maximum Gasteiger partial charge on any atom is 0.165 e. The third-order valence-electron chi connectivity index (χ3n) is 6.41. The third-order valence-corrected chi connectivity index (χ3v) is 6.41. The van der Waals surface area contributed by atoms with Crippen LogP contribution in [0.25, 0.3) is 10.9 Å². The van der Waals surface area contributed by atoms with Crippen molar-refractivity contribution in [2.24, 2.45) is 11.8 Å². The van der Waals surface area contributed by atoms with Crippen LogP contribution < -0.4 is 0 Å². The number of carbonyl (C=O) groups is 1. The Labute approximate surface area is 168 Å². The third kappa shape index (κ3) is 4.47. The summed E-state index contributed by atoms with van der Waals surface area (Å²) >= 11 is 0. The molecule has 28 heavy (non-hydrogen) atoms. The first kappa shape index (κ1) is 19.6. The maximum absolute atomic E-state index is 12.9. The molecule has 0 saturated carbocycles. The summed E-state index contributed by atoms with van der Waals surface area (Å²) in [6, 6.07) is 6.27. The van der Waals surface area contributed by atoms with E-state index in [-0.39, 0.29) is 5.78 Å². The molecule has 0 N–H and O–H groups in total. The van der Waals surface area contributed by atoms with Crippen LogP contribution in [0.3, 0.4) is 0 Å². The summed E-state index contributed by atoms with van der Waals surface area (Å²) in [5.74, 6) is 1.64. The maximum atomic E-state index is 12.9. The van der Waals surface area contributed by atoms with Crippen molar-refractivity contribution in [2.75, 3.05) is 32.8 Å². The van der Waals surface area contributed by atoms with Gasteiger partial charge in [-0.2, -0.15) is 5.10 Å². The van der Waals surface area contributed by atoms with Crippen molar-refractivity contribution in [1.82, 2.24) is 14.7 Å². The van der Waals surface area contributed by atoms with Gasteiger partial charge in [0.1, 0.15) is 5.52 Å². The van der Waals surface area contributed by atoms with E-state index in [1.807, 2.05) is 29.1 Å². The van der Waals surface area contributed by atoms with E-state index in [9.17, 15) is 4.79 Å². The van der Waals surface area contributed by atoms with E-state index < -0.39 is 0 Å². The second kappa shape index (κ2) is 8.75. The van der Waals surface area contributed by atoms with Gasteiger partial charge in [0.25, 0.3) is 0 Å². The van der Waals surface area contributed by atoms with Crippen molar-refractivity contribution in [3.05, 3.63) is 30.0 Å². The van der Waals surface area contributed by atoms with E-state index in [4.69, 9.17) is 4.74 Å². The van der Waals surface area contributed by atoms with Gasteiger partial charge in [0.15, 0.2) is 5.78 Å². The first-order valence-corrected chi connectivity index (χ1v) is 10.9. The molecule has 0 amide bonds. The average Bonchev–Trinajstić information content (AvgIpc) is 3.36. The predicted molar refractivity (Wildman–Crippen MR) is 112 cm³/mol. The van der Waals surface area contributed by atoms with Gasteiger partial charge in [0, 0.05) is 42.8 Å². The number of hydrogen-bond donors (Lipinski definition) is 0. The topological polar surface area (TPSA) is 47.4 Å². The number of nitrogens with zero attached hydrogens (tertiary/aromatic N) is 3. The number of aromatic nitrogens is 2. The Morgan fingerprint density at radius 1 is 1.21 bits per heavy atom. The Morgan fingerprint density at radius 2 is 2.04 bits per heavy atom. The Bertz CT molecular complexity index is 799. The van der Waals surface area contributed by atoms with E-state index in [2.05, 4.69) is 23.8 Å². The molecule has 3 heterocycles. The number of carbonyl (C=O) groups excluding carboxylic acids is 1. The second-order valence-electron chi connectivity index (χ2n) is 8.88. The summed E-state index contributed by atoms with van der Waals surface area (Å²) in [6.07, 6.45) is 7.32. The van der Waals surface area contributed by atoms with Crippen molar-refractivity contribution >= 4 is 16.7 Å². The molecular weight excluding hydrogens is 350 g/mol. The molecule has 0 bridgehead atoms. The summed E-state index contributed by atoms with van der Waals surface area (Å²) in [5, 5.41) is 5.72. The lowest BCUT2D eigenvalue weighted by atomic mass is 9.89. The fourth-order valence-corrected chi connectivity index (χ4v) is 4.57. The normalized spacial score (nSPS) is 21.8. The van der Waals surface area contributed by atoms with E-state index in [1.54, 1.807) is 0 Å². The molecule has 1 aromatic heterocycles. The zero-order chi connectivity index (χ0) is 19.5. The van der Waals surface area contributed by atoms with E-state index in [0.29, 0.717) is 18.4 Å². The zero-order valence-corrected chi connectivity index (χ0v) is 17.3. The molecule has 4 rings (SSSR count). The molecule has 152 valence electrons. The van der Waals surface area contributed by atoms with Gasteiger partial charge in [-0.25, -0.2) is 0 Å². The van der Waals surface area contributed by atoms with Crippen LogP contribution in [0.15, 0.2) is 24.4 Å². The van der Waals surface area contributed by atoms with Crippen LogP contribution in [0.4, 0.5) is 0 Å². The van der Waals surface area contributed by atoms with Crippen LogP contribution in [-0.2, 0) is 4.74 Å². The summed E-state index contributed by atoms with van der Waals surface area (Å²) < 4.78 is 7.45. The van der Waals surface area contributed by atoms with Gasteiger partial charge in [-0.05, 0) is 70.5 Å². The van der Waals surface area contributed by atoms with Crippen LogP contribution in [0.1, 0.15) is 62.4 Å². The minimum atomic E-state index is 0.241. The first-order valence-electron chi connectivity index (χ1n) is 10.9. The highest BCUT2D eigenvalue weighted by Gasteiger charge is 2.24. The number of benzene rings is 1. The van der Waals surface area contributed by atoms with Crippen LogP contribution in [0, 0.1) is 11.8 Å². The number of hydrogen-bond acceptors (Lipinski definition) is 4. The quantitative estimate of drug-likeness (QED) is 0.668. The predicted octanol–water partition coefficient (Wildman–Crippen LogP) is 4.33. The molecule has 2 aromatic rings. The molecule has 5 heteroatoms. The van der Waals surface area contributed by atoms with Gasteiger partial charge in [0.05, 0.1) is 6.61 Å². The number of Topliss-reactive ketones (excluding diaryl/α,β-unsaturated/α-hetero) is 1. The number of piperidine rings is 1. The molecule has 1 unspecified atom stereocenters. The molecule has 0 spiro atoms. The lowest BCUT2D eigenvalue weighted by molar-refractivity contribution is 0.0958. The van der Waals surface area contributed by atoms with Gasteiger partial charge >= 0.3 is 0 Å². The van der Waals surface area contributed by atoms with Crippen molar-refractivity contribution in [3.8, 4) is 0 Å². The number of ether oxygens (including phenoxy) is 1. The monoisotopic (exact) mass is 383 g/mol. The molecule has 2 aliphatic heterocycles. The number of fused-ring (bicyclic) bond motifs is 1. The minimum Gasteiger partial charge on any atom is -0.381 e. The lowest BCUT2D eigenvalue weighted by Crippen LogP contribution is -2.37. The fraction of sp³-hybridized carbons (Fsp3) is 0.652. The van der Waals surface area contributed by atoms with E-state index in [1.165, 1.54) is 38.9 Å². The van der Waals surface area contributed by atoms with Crippen molar-refractivity contribution < 1.29 is 9.53 Å². The average molecular weight is 384 g/mol. The van der Waals surface area contributed by atoms with Crippen molar-refractivity contribution in [3.63, 3.8) is 0 Å². The highest BCUT2D eigenvalue weighted by molar-refractivity contribution is 6.06. The lowest BCUT2D eigenvalue weighted by Gasteiger charge is -2.33. The SMILES string of the molecule is CC(C)n1cc2cccc(C(=O)CCC3CCN(CC4CCOC4)CC3)c2n1. The Kier molecular flexibility index (Phi) is 6.12. The molecule has 2 aliphatic rings. The Balaban J connectivity index is 1.29. The van der Waals surface area contributed by atoms with Gasteiger partial charge in [-0.15, -0.1) is 0 Å². The Hall–Kier alpha value is -1.72.